The quantitative estimate of drug-likeness (QED) is 0.276. The van der Waals surface area contributed by atoms with Crippen LogP contribution in [0.25, 0.3) is 0 Å². The van der Waals surface area contributed by atoms with Crippen molar-refractivity contribution in [3.05, 3.63) is 0 Å². The third kappa shape index (κ3) is 38.2. The van der Waals surface area contributed by atoms with Crippen LogP contribution in [-0.4, -0.2) is 42.9 Å². The molecule has 0 fully saturated rings. The molecule has 0 unspecified atom stereocenters. The molecule has 0 N–H and O–H groups in total. The van der Waals surface area contributed by atoms with E-state index in [2.05, 4.69) is 0 Å². The van der Waals surface area contributed by atoms with E-state index >= 15 is 0 Å². The number of hydrogen-bond donors (Lipinski definition) is 0. The Morgan fingerprint density at radius 3 is 1.14 bits per heavy atom. The molecule has 28 valence electrons. The van der Waals surface area contributed by atoms with Gasteiger partial charge in [0.1, 0.15) is 0 Å². The third-order valence-corrected chi connectivity index (χ3v) is 0. The summed E-state index contributed by atoms with van der Waals surface area (Å²) < 4.78 is 25.3. The van der Waals surface area contributed by atoms with E-state index in [-0.39, 0.29) is 132 Å². The van der Waals surface area contributed by atoms with Gasteiger partial charge < -0.3 is 9.11 Å². The first kappa shape index (κ1) is 22.5. The number of hydrogen-bond acceptors (Lipinski definition) is 3. The van der Waals surface area contributed by atoms with Crippen molar-refractivity contribution in [3.8, 4) is 0 Å². The summed E-state index contributed by atoms with van der Waals surface area (Å²) in [7, 11) is 0. The predicted molar refractivity (Wildman–Crippen MR) is 16.8 cm³/mol. The van der Waals surface area contributed by atoms with Crippen molar-refractivity contribution in [1.82, 2.24) is 0 Å². The van der Waals surface area contributed by atoms with Crippen molar-refractivity contribution in [2.45, 2.75) is 0 Å². The fraction of sp³-hybridized carbons (Fsp3) is 0. The van der Waals surface area contributed by atoms with Crippen LogP contribution >= 0.6 is 0 Å². The molecule has 0 spiro atoms. The monoisotopic (exact) mass is 182 g/mol. The van der Waals surface area contributed by atoms with Gasteiger partial charge in [-0.15, -0.1) is 11.4 Å². The minimum absolute atomic E-state index is 0. The fourth-order valence-electron chi connectivity index (χ4n) is 0. The molecule has 0 saturated carbocycles. The molecular weight excluding hydrogens is 181 g/mol. The van der Waals surface area contributed by atoms with Crippen LogP contribution in [0, 0.1) is 0 Å². The van der Waals surface area contributed by atoms with E-state index in [1.165, 1.54) is 0 Å². The van der Waals surface area contributed by atoms with Gasteiger partial charge in [-0.05, 0) is 0 Å². The molecule has 0 rings (SSSR count). The molecule has 0 aromatic rings. The van der Waals surface area contributed by atoms with Gasteiger partial charge in [0.2, 0.25) is 0 Å². The first-order valence-corrected chi connectivity index (χ1v) is 1.50. The molecule has 0 aliphatic carbocycles. The van der Waals surface area contributed by atoms with Crippen LogP contribution in [0.15, 0.2) is 0 Å². The van der Waals surface area contributed by atoms with Crippen molar-refractivity contribution in [2.75, 3.05) is 0 Å². The van der Waals surface area contributed by atoms with Crippen molar-refractivity contribution in [1.29, 1.82) is 0 Å². The average molecular weight is 182 g/mol. The van der Waals surface area contributed by atoms with Gasteiger partial charge in [0.05, 0.1) is 0 Å². The van der Waals surface area contributed by atoms with Crippen molar-refractivity contribution < 1.29 is 116 Å². The van der Waals surface area contributed by atoms with Gasteiger partial charge in [0.15, 0.2) is 0 Å². The fourth-order valence-corrected chi connectivity index (χ4v) is 0. The molecule has 0 aliphatic rings. The molecule has 0 saturated heterocycles. The van der Waals surface area contributed by atoms with Crippen LogP contribution in [0.3, 0.4) is 0 Å². The first-order chi connectivity index (χ1) is 1.73. The van der Waals surface area contributed by atoms with Crippen molar-refractivity contribution >= 4 is 40.9 Å². The number of rotatable bonds is 0. The van der Waals surface area contributed by atoms with Gasteiger partial charge in [-0.25, -0.2) is 0 Å². The maximum atomic E-state index is 8.44. The standard InChI is InChI=1S/2K.Na.H2O3S.H/c;;;1-4(2)3;/h;;;(H2,1,2,3);/q2*+1;;;/p-2. The zero-order valence-corrected chi connectivity index (χ0v) is 10.7. The van der Waals surface area contributed by atoms with E-state index in [0.717, 1.165) is 0 Å². The Labute approximate surface area is 152 Å². The van der Waals surface area contributed by atoms with Crippen LogP contribution in [0.2, 0.25) is 0 Å². The summed E-state index contributed by atoms with van der Waals surface area (Å²) in [6, 6.07) is 0. The van der Waals surface area contributed by atoms with Gasteiger partial charge in [-0.3, -0.25) is 4.21 Å². The maximum absolute atomic E-state index is 8.44. The van der Waals surface area contributed by atoms with E-state index in [0.29, 0.717) is 0 Å². The van der Waals surface area contributed by atoms with E-state index < -0.39 is 11.4 Å². The molecule has 0 amide bonds. The van der Waals surface area contributed by atoms with Gasteiger partial charge in [0, 0.05) is 0 Å². The summed E-state index contributed by atoms with van der Waals surface area (Å²) in [5, 5.41) is 0. The predicted octanol–water partition coefficient (Wildman–Crippen LogP) is -7.64. The van der Waals surface area contributed by atoms with E-state index in [9.17, 15) is 0 Å². The van der Waals surface area contributed by atoms with Crippen molar-refractivity contribution in [3.63, 3.8) is 0 Å². The summed E-state index contributed by atoms with van der Waals surface area (Å²) in [6.07, 6.45) is 0. The Balaban J connectivity index is -0.0000000150. The van der Waals surface area contributed by atoms with Crippen LogP contribution in [-0.2, 0) is 11.4 Å². The van der Waals surface area contributed by atoms with Crippen LogP contribution < -0.4 is 103 Å². The molecule has 0 atom stereocenters. The Morgan fingerprint density at radius 2 is 1.14 bits per heavy atom. The molecule has 7 heteroatoms. The summed E-state index contributed by atoms with van der Waals surface area (Å²) >= 11 is -3.11. The second-order valence-corrected chi connectivity index (χ2v) is 0.612. The Bertz CT molecular complexity index is 35.9. The molecule has 0 bridgehead atoms. The molecule has 7 heavy (non-hydrogen) atoms. The van der Waals surface area contributed by atoms with E-state index in [1.54, 1.807) is 0 Å². The molecule has 0 aliphatic heterocycles. The zero-order valence-electron chi connectivity index (χ0n) is 3.63. The van der Waals surface area contributed by atoms with E-state index in [1.807, 2.05) is 0 Å². The second-order valence-electron chi connectivity index (χ2n) is 0.204. The molecule has 0 radical (unpaired) electrons. The molecule has 3 nitrogen and oxygen atoms in total. The first-order valence-electron chi connectivity index (χ1n) is 0.500. The molecular formula is HK2NaO3S. The Kier molecular flexibility index (Phi) is 53.8. The van der Waals surface area contributed by atoms with E-state index in [4.69, 9.17) is 13.3 Å². The van der Waals surface area contributed by atoms with Crippen molar-refractivity contribution in [2.24, 2.45) is 0 Å². The van der Waals surface area contributed by atoms with Gasteiger partial charge in [-0.2, -0.15) is 0 Å². The van der Waals surface area contributed by atoms with Crippen LogP contribution in [0.1, 0.15) is 0 Å². The van der Waals surface area contributed by atoms with Gasteiger partial charge in [0.25, 0.3) is 0 Å². The topological polar surface area (TPSA) is 63.2 Å². The molecule has 0 aromatic heterocycles. The summed E-state index contributed by atoms with van der Waals surface area (Å²) in [4.78, 5) is 0. The zero-order chi connectivity index (χ0) is 3.58. The second kappa shape index (κ2) is 16.7. The van der Waals surface area contributed by atoms with Crippen LogP contribution in [0.4, 0.5) is 0 Å². The average Bonchev–Trinajstić information content (AvgIpc) is 0.811. The normalized spacial score (nSPS) is 5.00. The summed E-state index contributed by atoms with van der Waals surface area (Å²) in [5.41, 5.74) is 0. The minimum atomic E-state index is -3.11. The summed E-state index contributed by atoms with van der Waals surface area (Å²) in [5.74, 6) is 0. The third-order valence-electron chi connectivity index (χ3n) is 0. The summed E-state index contributed by atoms with van der Waals surface area (Å²) in [6.45, 7) is 0. The van der Waals surface area contributed by atoms with Crippen LogP contribution in [0.5, 0.6) is 0 Å². The Morgan fingerprint density at radius 1 is 1.14 bits per heavy atom. The Hall–Kier alpha value is 4.34. The van der Waals surface area contributed by atoms with Gasteiger partial charge >= 0.3 is 132 Å². The SMILES string of the molecule is O=S([O-])[O-].[K+].[K+].[NaH]. The van der Waals surface area contributed by atoms with Gasteiger partial charge in [-0.1, -0.05) is 0 Å². The molecule has 0 heterocycles. The molecule has 0 aromatic carbocycles.